The van der Waals surface area contributed by atoms with Gasteiger partial charge in [-0.3, -0.25) is 9.36 Å². The molecular weight excluding hydrogens is 508 g/mol. The second-order valence-electron chi connectivity index (χ2n) is 8.72. The van der Waals surface area contributed by atoms with Crippen LogP contribution in [0.3, 0.4) is 0 Å². The largest absolute Gasteiger partial charge is 0.497 e. The molecular formula is C30H28N6O2S. The lowest BCUT2D eigenvalue weighted by Gasteiger charge is -2.14. The van der Waals surface area contributed by atoms with Crippen LogP contribution in [0.15, 0.2) is 107 Å². The van der Waals surface area contributed by atoms with E-state index in [0.717, 1.165) is 39.3 Å². The Labute approximate surface area is 231 Å². The van der Waals surface area contributed by atoms with Gasteiger partial charge in [0, 0.05) is 16.8 Å². The fourth-order valence-corrected chi connectivity index (χ4v) is 4.92. The summed E-state index contributed by atoms with van der Waals surface area (Å²) in [6.45, 7) is 2.28. The summed E-state index contributed by atoms with van der Waals surface area (Å²) in [6.07, 6.45) is 1.60. The van der Waals surface area contributed by atoms with E-state index in [9.17, 15) is 4.79 Å². The van der Waals surface area contributed by atoms with Crippen LogP contribution in [0.5, 0.6) is 5.75 Å². The third-order valence-electron chi connectivity index (χ3n) is 6.10. The van der Waals surface area contributed by atoms with Crippen molar-refractivity contribution in [1.82, 2.24) is 20.2 Å². The number of fused-ring (bicyclic) bond motifs is 1. The molecule has 0 aliphatic heterocycles. The number of amides is 1. The summed E-state index contributed by atoms with van der Waals surface area (Å²) in [5.41, 5.74) is 5.41. The number of aromatic nitrogens is 3. The highest BCUT2D eigenvalue weighted by Crippen LogP contribution is 2.27. The van der Waals surface area contributed by atoms with Gasteiger partial charge in [-0.25, -0.2) is 5.43 Å². The van der Waals surface area contributed by atoms with Crippen LogP contribution >= 0.6 is 11.8 Å². The van der Waals surface area contributed by atoms with E-state index < -0.39 is 5.25 Å². The van der Waals surface area contributed by atoms with Crippen LogP contribution in [0.4, 0.5) is 5.69 Å². The first-order valence-corrected chi connectivity index (χ1v) is 13.4. The Morgan fingerprint density at radius 1 is 0.974 bits per heavy atom. The quantitative estimate of drug-likeness (QED) is 0.136. The monoisotopic (exact) mass is 536 g/mol. The molecule has 0 aliphatic carbocycles. The van der Waals surface area contributed by atoms with E-state index in [-0.39, 0.29) is 5.91 Å². The smallest absolute Gasteiger partial charge is 0.253 e. The zero-order valence-corrected chi connectivity index (χ0v) is 22.4. The van der Waals surface area contributed by atoms with E-state index in [4.69, 9.17) is 4.74 Å². The summed E-state index contributed by atoms with van der Waals surface area (Å²) in [5, 5.41) is 19.0. The first-order chi connectivity index (χ1) is 19.1. The number of para-hydroxylation sites is 1. The molecule has 0 saturated heterocycles. The van der Waals surface area contributed by atoms with E-state index in [1.165, 1.54) is 11.8 Å². The molecule has 0 radical (unpaired) electrons. The summed E-state index contributed by atoms with van der Waals surface area (Å²) in [4.78, 5) is 12.8. The average molecular weight is 537 g/mol. The highest BCUT2D eigenvalue weighted by molar-refractivity contribution is 8.00. The number of benzene rings is 4. The minimum absolute atomic E-state index is 0.234. The molecule has 2 N–H and O–H groups in total. The van der Waals surface area contributed by atoms with Gasteiger partial charge in [-0.05, 0) is 60.3 Å². The maximum atomic E-state index is 12.8. The number of nitrogens with zero attached hydrogens (tertiary/aromatic N) is 4. The lowest BCUT2D eigenvalue weighted by Crippen LogP contribution is -2.27. The molecule has 1 heterocycles. The van der Waals surface area contributed by atoms with Gasteiger partial charge in [0.15, 0.2) is 11.0 Å². The van der Waals surface area contributed by atoms with Gasteiger partial charge in [0.1, 0.15) is 5.75 Å². The van der Waals surface area contributed by atoms with Crippen LogP contribution < -0.4 is 15.5 Å². The van der Waals surface area contributed by atoms with E-state index >= 15 is 0 Å². The van der Waals surface area contributed by atoms with Crippen molar-refractivity contribution in [2.24, 2.45) is 5.10 Å². The molecule has 0 saturated carbocycles. The highest BCUT2D eigenvalue weighted by Gasteiger charge is 2.21. The molecule has 0 aliphatic rings. The van der Waals surface area contributed by atoms with Gasteiger partial charge in [0.25, 0.3) is 5.91 Å². The molecule has 1 atom stereocenters. The van der Waals surface area contributed by atoms with E-state index in [0.29, 0.717) is 11.7 Å². The molecule has 1 unspecified atom stereocenters. The van der Waals surface area contributed by atoms with Gasteiger partial charge >= 0.3 is 0 Å². The van der Waals surface area contributed by atoms with Crippen LogP contribution in [0.25, 0.3) is 16.5 Å². The number of hydrogen-bond donors (Lipinski definition) is 2. The molecule has 9 heteroatoms. The van der Waals surface area contributed by atoms with Gasteiger partial charge in [-0.2, -0.15) is 5.10 Å². The molecule has 1 amide bonds. The summed E-state index contributed by atoms with van der Waals surface area (Å²) >= 11 is 1.33. The fourth-order valence-electron chi connectivity index (χ4n) is 4.04. The predicted octanol–water partition coefficient (Wildman–Crippen LogP) is 5.67. The molecule has 5 aromatic rings. The maximum absolute atomic E-state index is 12.8. The topological polar surface area (TPSA) is 93.4 Å². The van der Waals surface area contributed by atoms with Crippen LogP contribution in [-0.4, -0.2) is 39.2 Å². The van der Waals surface area contributed by atoms with Crippen LogP contribution in [0.1, 0.15) is 18.3 Å². The highest BCUT2D eigenvalue weighted by atomic mass is 32.2. The molecule has 196 valence electrons. The Morgan fingerprint density at radius 3 is 2.51 bits per heavy atom. The van der Waals surface area contributed by atoms with Crippen molar-refractivity contribution in [3.05, 3.63) is 108 Å². The number of rotatable bonds is 10. The minimum Gasteiger partial charge on any atom is -0.497 e. The first-order valence-electron chi connectivity index (χ1n) is 12.5. The third-order valence-corrected chi connectivity index (χ3v) is 7.14. The number of nitrogens with one attached hydrogen (secondary N) is 2. The van der Waals surface area contributed by atoms with Crippen molar-refractivity contribution in [3.8, 4) is 11.4 Å². The Balaban J connectivity index is 1.31. The summed E-state index contributed by atoms with van der Waals surface area (Å²) in [5.74, 6) is 1.26. The standard InChI is InChI=1S/C30H28N6O2S/c1-21(29(37)34-32-19-22-15-17-25(38-2)18-16-22)39-30-35-33-28(36(30)24-11-4-3-5-12-24)20-31-27-14-8-10-23-9-6-7-13-26(23)27/h3-19,21,31H,20H2,1-2H3,(H,34,37). The van der Waals surface area contributed by atoms with Gasteiger partial charge in [-0.1, -0.05) is 66.4 Å². The van der Waals surface area contributed by atoms with E-state index in [1.54, 1.807) is 13.3 Å². The van der Waals surface area contributed by atoms with E-state index in [1.807, 2.05) is 84.3 Å². The van der Waals surface area contributed by atoms with Crippen molar-refractivity contribution in [2.45, 2.75) is 23.9 Å². The Kier molecular flexibility index (Phi) is 8.18. The maximum Gasteiger partial charge on any atom is 0.253 e. The Hall–Kier alpha value is -4.63. The lowest BCUT2D eigenvalue weighted by molar-refractivity contribution is -0.120. The molecule has 8 nitrogen and oxygen atoms in total. The summed E-state index contributed by atoms with van der Waals surface area (Å²) in [6, 6.07) is 31.7. The first kappa shape index (κ1) is 26.0. The number of methoxy groups -OCH3 is 1. The predicted molar refractivity (Wildman–Crippen MR) is 157 cm³/mol. The molecule has 0 bridgehead atoms. The third kappa shape index (κ3) is 6.27. The molecule has 5 rings (SSSR count). The van der Waals surface area contributed by atoms with Gasteiger partial charge in [-0.15, -0.1) is 10.2 Å². The fraction of sp³-hybridized carbons (Fsp3) is 0.133. The van der Waals surface area contributed by atoms with Crippen molar-refractivity contribution in [2.75, 3.05) is 12.4 Å². The number of carbonyl (C=O) groups excluding carboxylic acids is 1. The van der Waals surface area contributed by atoms with E-state index in [2.05, 4.69) is 50.3 Å². The van der Waals surface area contributed by atoms with Gasteiger partial charge in [0.05, 0.1) is 25.1 Å². The SMILES string of the molecule is COc1ccc(C=NNC(=O)C(C)Sc2nnc(CNc3cccc4ccccc34)n2-c2ccccc2)cc1. The molecule has 4 aromatic carbocycles. The van der Waals surface area contributed by atoms with Crippen LogP contribution in [-0.2, 0) is 11.3 Å². The Morgan fingerprint density at radius 2 is 1.72 bits per heavy atom. The minimum atomic E-state index is -0.455. The number of anilines is 1. The van der Waals surface area contributed by atoms with Crippen molar-refractivity contribution in [3.63, 3.8) is 0 Å². The Bertz CT molecular complexity index is 1580. The van der Waals surface area contributed by atoms with Crippen molar-refractivity contribution >= 4 is 40.3 Å². The normalized spacial score (nSPS) is 11.9. The van der Waals surface area contributed by atoms with Gasteiger partial charge in [0.2, 0.25) is 0 Å². The zero-order chi connectivity index (χ0) is 27.0. The second kappa shape index (κ2) is 12.3. The number of carbonyl (C=O) groups is 1. The summed E-state index contributed by atoms with van der Waals surface area (Å²) < 4.78 is 7.14. The number of hydrazone groups is 1. The molecule has 0 fully saturated rings. The number of ether oxygens (including phenoxy) is 1. The lowest BCUT2D eigenvalue weighted by atomic mass is 10.1. The zero-order valence-electron chi connectivity index (χ0n) is 21.6. The molecule has 0 spiro atoms. The molecule has 1 aromatic heterocycles. The summed E-state index contributed by atoms with van der Waals surface area (Å²) in [7, 11) is 1.62. The van der Waals surface area contributed by atoms with Crippen LogP contribution in [0.2, 0.25) is 0 Å². The van der Waals surface area contributed by atoms with Gasteiger partial charge < -0.3 is 10.1 Å². The number of thioether (sulfide) groups is 1. The van der Waals surface area contributed by atoms with Crippen LogP contribution in [0, 0.1) is 0 Å². The number of hydrogen-bond acceptors (Lipinski definition) is 7. The van der Waals surface area contributed by atoms with Crippen molar-refractivity contribution in [1.29, 1.82) is 0 Å². The van der Waals surface area contributed by atoms with Crippen molar-refractivity contribution < 1.29 is 9.53 Å². The molecule has 39 heavy (non-hydrogen) atoms. The average Bonchev–Trinajstić information content (AvgIpc) is 3.38. The second-order valence-corrected chi connectivity index (χ2v) is 10.0.